The summed E-state index contributed by atoms with van der Waals surface area (Å²) in [5.74, 6) is 1.64. The molecule has 0 bridgehead atoms. The largest absolute Gasteiger partial charge is 0.457 e. The molecule has 0 aliphatic heterocycles. The van der Waals surface area contributed by atoms with E-state index in [1.807, 2.05) is 85.1 Å². The molecule has 2 N–H and O–H groups in total. The van der Waals surface area contributed by atoms with Crippen LogP contribution in [-0.4, -0.2) is 15.2 Å². The fourth-order valence-corrected chi connectivity index (χ4v) is 3.33. The first-order valence-electron chi connectivity index (χ1n) is 10.1. The molecule has 4 nitrogen and oxygen atoms in total. The Morgan fingerprint density at radius 3 is 2.32 bits per heavy atom. The lowest BCUT2D eigenvalue weighted by Crippen LogP contribution is -1.83. The predicted molar refractivity (Wildman–Crippen MR) is 128 cm³/mol. The van der Waals surface area contributed by atoms with Gasteiger partial charge in [-0.25, -0.2) is 0 Å². The van der Waals surface area contributed by atoms with Gasteiger partial charge in [0.15, 0.2) is 0 Å². The number of H-pyrrole nitrogens is 2. The summed E-state index contributed by atoms with van der Waals surface area (Å²) in [7, 11) is 0. The van der Waals surface area contributed by atoms with Crippen LogP contribution < -0.4 is 4.74 Å². The Morgan fingerprint density at radius 1 is 0.677 bits per heavy atom. The molecule has 150 valence electrons. The summed E-state index contributed by atoms with van der Waals surface area (Å²) in [5, 5.41) is 8.64. The molecule has 31 heavy (non-hydrogen) atoms. The van der Waals surface area contributed by atoms with Crippen molar-refractivity contribution in [2.75, 3.05) is 0 Å². The smallest absolute Gasteiger partial charge is 0.127 e. The number of aromatic amines is 2. The van der Waals surface area contributed by atoms with Gasteiger partial charge in [0.05, 0.1) is 11.4 Å². The highest BCUT2D eigenvalue weighted by Crippen LogP contribution is 2.22. The van der Waals surface area contributed by atoms with Gasteiger partial charge in [-0.2, -0.15) is 5.10 Å². The maximum Gasteiger partial charge on any atom is 0.127 e. The van der Waals surface area contributed by atoms with E-state index in [4.69, 9.17) is 4.74 Å². The third-order valence-electron chi connectivity index (χ3n) is 4.96. The third kappa shape index (κ3) is 4.65. The van der Waals surface area contributed by atoms with Gasteiger partial charge < -0.3 is 9.72 Å². The monoisotopic (exact) mass is 403 g/mol. The molecule has 0 saturated carbocycles. The second-order valence-corrected chi connectivity index (χ2v) is 7.22. The molecule has 0 spiro atoms. The number of benzene rings is 3. The summed E-state index contributed by atoms with van der Waals surface area (Å²) in [6.07, 6.45) is 10.1. The Kier molecular flexibility index (Phi) is 5.18. The van der Waals surface area contributed by atoms with Gasteiger partial charge >= 0.3 is 0 Å². The lowest BCUT2D eigenvalue weighted by atomic mass is 10.1. The minimum Gasteiger partial charge on any atom is -0.457 e. The van der Waals surface area contributed by atoms with Crippen LogP contribution in [0.4, 0.5) is 0 Å². The molecule has 0 atom stereocenters. The first-order valence-corrected chi connectivity index (χ1v) is 10.1. The van der Waals surface area contributed by atoms with Crippen LogP contribution in [0.2, 0.25) is 0 Å². The molecular weight excluding hydrogens is 382 g/mol. The van der Waals surface area contributed by atoms with E-state index in [2.05, 4.69) is 45.5 Å². The van der Waals surface area contributed by atoms with Crippen molar-refractivity contribution >= 4 is 35.2 Å². The van der Waals surface area contributed by atoms with Crippen LogP contribution in [0.25, 0.3) is 35.2 Å². The molecule has 3 aromatic carbocycles. The molecule has 4 heteroatoms. The minimum absolute atomic E-state index is 0.815. The van der Waals surface area contributed by atoms with Crippen molar-refractivity contribution < 1.29 is 4.74 Å². The zero-order valence-corrected chi connectivity index (χ0v) is 16.8. The fourth-order valence-electron chi connectivity index (χ4n) is 3.33. The van der Waals surface area contributed by atoms with Crippen LogP contribution in [0.15, 0.2) is 91.1 Å². The molecule has 5 aromatic rings. The standard InChI is InChI=1S/C27H21N3O/c1-2-4-25(5-3-1)31-26-14-9-20(10-15-26)7-12-23-19-24(30-29-23)13-8-21-6-11-22-16-17-28-27(22)18-21/h1-19,28H,(H,29,30). The number of hydrogen-bond acceptors (Lipinski definition) is 2. The number of fused-ring (bicyclic) bond motifs is 1. The number of nitrogens with zero attached hydrogens (tertiary/aromatic N) is 1. The quantitative estimate of drug-likeness (QED) is 0.320. The molecular formula is C27H21N3O. The van der Waals surface area contributed by atoms with Gasteiger partial charge in [0.2, 0.25) is 0 Å². The van der Waals surface area contributed by atoms with Crippen molar-refractivity contribution in [2.24, 2.45) is 0 Å². The summed E-state index contributed by atoms with van der Waals surface area (Å²) in [6, 6.07) is 28.2. The molecule has 0 saturated heterocycles. The lowest BCUT2D eigenvalue weighted by molar-refractivity contribution is 0.482. The number of rotatable bonds is 6. The van der Waals surface area contributed by atoms with Crippen LogP contribution in [0.5, 0.6) is 11.5 Å². The van der Waals surface area contributed by atoms with Crippen LogP contribution in [0, 0.1) is 0 Å². The average molecular weight is 403 g/mol. The molecule has 0 unspecified atom stereocenters. The van der Waals surface area contributed by atoms with Crippen molar-refractivity contribution in [1.29, 1.82) is 0 Å². The molecule has 2 aromatic heterocycles. The van der Waals surface area contributed by atoms with E-state index in [0.717, 1.165) is 39.5 Å². The van der Waals surface area contributed by atoms with Gasteiger partial charge in [0, 0.05) is 11.7 Å². The lowest BCUT2D eigenvalue weighted by Gasteiger charge is -2.05. The van der Waals surface area contributed by atoms with Gasteiger partial charge in [-0.05, 0) is 71.1 Å². The van der Waals surface area contributed by atoms with Gasteiger partial charge in [0.1, 0.15) is 11.5 Å². The Morgan fingerprint density at radius 2 is 1.45 bits per heavy atom. The molecule has 0 aliphatic rings. The maximum absolute atomic E-state index is 5.83. The Labute approximate surface area is 180 Å². The van der Waals surface area contributed by atoms with Crippen molar-refractivity contribution in [3.63, 3.8) is 0 Å². The summed E-state index contributed by atoms with van der Waals surface area (Å²) in [5.41, 5.74) is 5.19. The Balaban J connectivity index is 1.22. The van der Waals surface area contributed by atoms with Gasteiger partial charge in [-0.3, -0.25) is 5.10 Å². The predicted octanol–water partition coefficient (Wildman–Crippen LogP) is 7.02. The zero-order valence-electron chi connectivity index (χ0n) is 16.8. The highest BCUT2D eigenvalue weighted by atomic mass is 16.5. The fraction of sp³-hybridized carbons (Fsp3) is 0. The summed E-state index contributed by atoms with van der Waals surface area (Å²) in [4.78, 5) is 3.24. The average Bonchev–Trinajstić information content (AvgIpc) is 3.47. The van der Waals surface area contributed by atoms with Crippen LogP contribution >= 0.6 is 0 Å². The van der Waals surface area contributed by atoms with Crippen LogP contribution in [0.1, 0.15) is 22.5 Å². The Hall–Kier alpha value is -4.31. The molecule has 0 aliphatic carbocycles. The Bertz CT molecular complexity index is 1340. The number of hydrogen-bond donors (Lipinski definition) is 2. The third-order valence-corrected chi connectivity index (χ3v) is 4.96. The second-order valence-electron chi connectivity index (χ2n) is 7.22. The van der Waals surface area contributed by atoms with Gasteiger partial charge in [-0.1, -0.05) is 54.6 Å². The van der Waals surface area contributed by atoms with E-state index >= 15 is 0 Å². The summed E-state index contributed by atoms with van der Waals surface area (Å²) in [6.45, 7) is 0. The van der Waals surface area contributed by atoms with E-state index in [1.165, 1.54) is 5.39 Å². The number of para-hydroxylation sites is 1. The minimum atomic E-state index is 0.815. The number of ether oxygens (including phenoxy) is 1. The van der Waals surface area contributed by atoms with Crippen molar-refractivity contribution in [3.05, 3.63) is 114 Å². The van der Waals surface area contributed by atoms with Crippen molar-refractivity contribution in [1.82, 2.24) is 15.2 Å². The maximum atomic E-state index is 5.83. The molecule has 0 radical (unpaired) electrons. The van der Waals surface area contributed by atoms with Crippen LogP contribution in [0.3, 0.4) is 0 Å². The van der Waals surface area contributed by atoms with E-state index in [9.17, 15) is 0 Å². The molecule has 5 rings (SSSR count). The summed E-state index contributed by atoms with van der Waals surface area (Å²) >= 11 is 0. The van der Waals surface area contributed by atoms with Crippen molar-refractivity contribution in [3.8, 4) is 11.5 Å². The molecule has 0 amide bonds. The first kappa shape index (κ1) is 18.7. The normalized spacial score (nSPS) is 11.6. The summed E-state index contributed by atoms with van der Waals surface area (Å²) < 4.78 is 5.83. The first-order chi connectivity index (χ1) is 15.3. The number of aromatic nitrogens is 3. The topological polar surface area (TPSA) is 53.7 Å². The SMILES string of the molecule is C(=Cc1cc(C=Cc2ccc3cc[nH]c3c2)n[nH]1)c1ccc(Oc2ccccc2)cc1. The van der Waals surface area contributed by atoms with Crippen molar-refractivity contribution in [2.45, 2.75) is 0 Å². The van der Waals surface area contributed by atoms with E-state index < -0.39 is 0 Å². The van der Waals surface area contributed by atoms with E-state index in [-0.39, 0.29) is 0 Å². The van der Waals surface area contributed by atoms with Gasteiger partial charge in [0.25, 0.3) is 0 Å². The van der Waals surface area contributed by atoms with Crippen LogP contribution in [-0.2, 0) is 0 Å². The molecule has 0 fully saturated rings. The second kappa shape index (κ2) is 8.59. The number of nitrogens with one attached hydrogen (secondary N) is 2. The highest BCUT2D eigenvalue weighted by Gasteiger charge is 1.99. The van der Waals surface area contributed by atoms with E-state index in [1.54, 1.807) is 0 Å². The van der Waals surface area contributed by atoms with E-state index in [0.29, 0.717) is 0 Å². The zero-order chi connectivity index (χ0) is 20.9. The van der Waals surface area contributed by atoms with Gasteiger partial charge in [-0.15, -0.1) is 0 Å². The molecule has 2 heterocycles. The highest BCUT2D eigenvalue weighted by molar-refractivity contribution is 5.83.